The maximum absolute atomic E-state index is 14.0. The third kappa shape index (κ3) is 3.98. The largest absolute Gasteiger partial charge is 0.507 e. The Morgan fingerprint density at radius 3 is 2.60 bits per heavy atom. The summed E-state index contributed by atoms with van der Waals surface area (Å²) in [4.78, 5) is 29.0. The molecule has 1 fully saturated rings. The van der Waals surface area contributed by atoms with Crippen LogP contribution in [0.15, 0.2) is 58.0 Å². The summed E-state index contributed by atoms with van der Waals surface area (Å²) in [7, 11) is 0. The number of carbonyl (C=O) groups excluding carboxylic acids is 2. The van der Waals surface area contributed by atoms with E-state index in [4.69, 9.17) is 0 Å². The first-order valence-electron chi connectivity index (χ1n) is 10.8. The van der Waals surface area contributed by atoms with E-state index in [1.165, 1.54) is 11.1 Å². The minimum Gasteiger partial charge on any atom is -0.507 e. The van der Waals surface area contributed by atoms with Crippen molar-refractivity contribution in [2.45, 2.75) is 25.1 Å². The van der Waals surface area contributed by atoms with Crippen molar-refractivity contribution in [2.24, 2.45) is 0 Å². The number of benzene rings is 2. The molecule has 2 atom stereocenters. The first-order valence-corrected chi connectivity index (χ1v) is 11.6. The Labute approximate surface area is 206 Å². The maximum Gasteiger partial charge on any atom is 0.274 e. The van der Waals surface area contributed by atoms with Gasteiger partial charge in [0, 0.05) is 48.0 Å². The topological polar surface area (TPSA) is 93.1 Å². The first kappa shape index (κ1) is 23.4. The predicted molar refractivity (Wildman–Crippen MR) is 121 cm³/mol. The quantitative estimate of drug-likeness (QED) is 0.547. The number of aliphatic hydroxyl groups is 2. The summed E-state index contributed by atoms with van der Waals surface area (Å²) >= 11 is 3.46. The van der Waals surface area contributed by atoms with Gasteiger partial charge in [-0.1, -0.05) is 22.0 Å². The molecule has 0 saturated carbocycles. The van der Waals surface area contributed by atoms with E-state index in [2.05, 4.69) is 21.2 Å². The zero-order chi connectivity index (χ0) is 25.0. The Morgan fingerprint density at radius 2 is 1.89 bits per heavy atom. The van der Waals surface area contributed by atoms with Gasteiger partial charge in [0.05, 0.1) is 11.6 Å². The molecule has 2 aromatic carbocycles. The minimum atomic E-state index is -1.82. The van der Waals surface area contributed by atoms with Gasteiger partial charge in [-0.05, 0) is 29.7 Å². The van der Waals surface area contributed by atoms with Crippen LogP contribution in [0.2, 0.25) is 0 Å². The molecular weight excluding hydrogens is 531 g/mol. The van der Waals surface area contributed by atoms with Gasteiger partial charge in [0.1, 0.15) is 29.3 Å². The van der Waals surface area contributed by atoms with Crippen molar-refractivity contribution in [1.82, 2.24) is 15.1 Å². The number of hydrogen-bond acceptors (Lipinski definition) is 5. The van der Waals surface area contributed by atoms with Crippen LogP contribution >= 0.6 is 15.9 Å². The van der Waals surface area contributed by atoms with Crippen LogP contribution in [0.1, 0.15) is 22.7 Å². The standard InChI is InChI=1S/C24H19BrF3N3O4/c25-12-2-1-11-3-4-30-10-19(14(11)5-12)31-9-16(21(32)22(33)20(31)24(30)35)23(34)29-8-15-17(27)6-13(26)7-18(15)28/h1-2,5-7,9,19,21,32-33H,3-4,8,10H2,(H,29,34)/t19-,21?/m1/s1. The van der Waals surface area contributed by atoms with Gasteiger partial charge in [0.15, 0.2) is 5.76 Å². The fraction of sp³-hybridized carbons (Fsp3) is 0.250. The molecule has 7 nitrogen and oxygen atoms in total. The van der Waals surface area contributed by atoms with Crippen LogP contribution in [-0.4, -0.2) is 51.0 Å². The molecular formula is C24H19BrF3N3O4. The SMILES string of the molecule is O=C(NCc1c(F)cc(F)cc1F)C1=CN2C(=C(O)C1O)C(=O)N1CCc3ccc(Br)cc3[C@H]2C1. The van der Waals surface area contributed by atoms with E-state index in [0.29, 0.717) is 31.6 Å². The van der Waals surface area contributed by atoms with E-state index in [1.54, 1.807) is 4.90 Å². The van der Waals surface area contributed by atoms with Gasteiger partial charge in [-0.2, -0.15) is 0 Å². The molecule has 0 spiro atoms. The lowest BCUT2D eigenvalue weighted by Crippen LogP contribution is -2.51. The van der Waals surface area contributed by atoms with Crippen molar-refractivity contribution >= 4 is 27.7 Å². The third-order valence-electron chi connectivity index (χ3n) is 6.46. The molecule has 3 heterocycles. The molecule has 0 radical (unpaired) electrons. The highest BCUT2D eigenvalue weighted by atomic mass is 79.9. The van der Waals surface area contributed by atoms with Crippen molar-refractivity contribution in [3.63, 3.8) is 0 Å². The first-order chi connectivity index (χ1) is 16.7. The number of halogens is 4. The van der Waals surface area contributed by atoms with Crippen LogP contribution in [0.3, 0.4) is 0 Å². The minimum absolute atomic E-state index is 0.131. The van der Waals surface area contributed by atoms with Gasteiger partial charge in [-0.25, -0.2) is 13.2 Å². The lowest BCUT2D eigenvalue weighted by molar-refractivity contribution is -0.133. The smallest absolute Gasteiger partial charge is 0.274 e. The number of nitrogens with zero attached hydrogens (tertiary/aromatic N) is 2. The molecule has 2 bridgehead atoms. The maximum atomic E-state index is 14.0. The molecule has 0 aliphatic carbocycles. The summed E-state index contributed by atoms with van der Waals surface area (Å²) in [5.41, 5.74) is 0.895. The summed E-state index contributed by atoms with van der Waals surface area (Å²) in [5, 5.41) is 23.7. The van der Waals surface area contributed by atoms with Crippen LogP contribution in [0.25, 0.3) is 0 Å². The number of nitrogens with one attached hydrogen (secondary N) is 1. The highest BCUT2D eigenvalue weighted by Crippen LogP contribution is 2.41. The van der Waals surface area contributed by atoms with Crippen molar-refractivity contribution < 1.29 is 33.0 Å². The fourth-order valence-electron chi connectivity index (χ4n) is 4.68. The second-order valence-corrected chi connectivity index (χ2v) is 9.43. The molecule has 3 aliphatic heterocycles. The molecule has 2 amide bonds. The van der Waals surface area contributed by atoms with Crippen molar-refractivity contribution in [1.29, 1.82) is 0 Å². The molecule has 3 N–H and O–H groups in total. The highest BCUT2D eigenvalue weighted by Gasteiger charge is 2.45. The van der Waals surface area contributed by atoms with Gasteiger partial charge in [0.25, 0.3) is 11.8 Å². The summed E-state index contributed by atoms with van der Waals surface area (Å²) < 4.78 is 41.9. The summed E-state index contributed by atoms with van der Waals surface area (Å²) in [6.45, 7) is 0.104. The number of fused-ring (bicyclic) bond motifs is 6. The van der Waals surface area contributed by atoms with Gasteiger partial charge in [0.2, 0.25) is 0 Å². The van der Waals surface area contributed by atoms with Gasteiger partial charge < -0.3 is 25.3 Å². The summed E-state index contributed by atoms with van der Waals surface area (Å²) in [6.07, 6.45) is 0.0557. The Hall–Kier alpha value is -3.31. The Bertz CT molecular complexity index is 1310. The van der Waals surface area contributed by atoms with E-state index >= 15 is 0 Å². The fourth-order valence-corrected chi connectivity index (χ4v) is 5.06. The number of aliphatic hydroxyl groups excluding tert-OH is 2. The Balaban J connectivity index is 1.49. The predicted octanol–water partition coefficient (Wildman–Crippen LogP) is 2.95. The molecule has 1 saturated heterocycles. The average Bonchev–Trinajstić information content (AvgIpc) is 2.96. The molecule has 3 aliphatic rings. The van der Waals surface area contributed by atoms with Crippen LogP contribution in [0.5, 0.6) is 0 Å². The summed E-state index contributed by atoms with van der Waals surface area (Å²) in [6, 6.07) is 6.28. The zero-order valence-corrected chi connectivity index (χ0v) is 19.7. The lowest BCUT2D eigenvalue weighted by Gasteiger charge is -2.43. The third-order valence-corrected chi connectivity index (χ3v) is 6.96. The number of amides is 2. The lowest BCUT2D eigenvalue weighted by atomic mass is 9.93. The van der Waals surface area contributed by atoms with Crippen molar-refractivity contribution in [2.75, 3.05) is 13.1 Å². The van der Waals surface area contributed by atoms with Crippen LogP contribution in [-0.2, 0) is 22.6 Å². The molecule has 1 unspecified atom stereocenters. The molecule has 11 heteroatoms. The van der Waals surface area contributed by atoms with Crippen LogP contribution in [0.4, 0.5) is 13.2 Å². The Morgan fingerprint density at radius 1 is 1.17 bits per heavy atom. The second kappa shape index (κ2) is 8.72. The van der Waals surface area contributed by atoms with Crippen molar-refractivity contribution in [3.05, 3.63) is 92.2 Å². The number of hydrogen-bond donors (Lipinski definition) is 3. The van der Waals surface area contributed by atoms with Gasteiger partial charge in [-0.15, -0.1) is 0 Å². The van der Waals surface area contributed by atoms with Crippen molar-refractivity contribution in [3.8, 4) is 0 Å². The zero-order valence-electron chi connectivity index (χ0n) is 18.1. The molecule has 5 rings (SSSR count). The normalized spacial score (nSPS) is 21.3. The van der Waals surface area contributed by atoms with E-state index in [0.717, 1.165) is 15.6 Å². The van der Waals surface area contributed by atoms with E-state index in [1.807, 2.05) is 18.2 Å². The van der Waals surface area contributed by atoms with Gasteiger partial charge in [-0.3, -0.25) is 9.59 Å². The summed E-state index contributed by atoms with van der Waals surface area (Å²) in [5.74, 6) is -5.51. The number of piperazine rings is 1. The molecule has 35 heavy (non-hydrogen) atoms. The Kier molecular flexibility index (Phi) is 5.84. The number of carbonyl (C=O) groups is 2. The average molecular weight is 550 g/mol. The molecule has 0 aromatic heterocycles. The van der Waals surface area contributed by atoms with E-state index in [-0.39, 0.29) is 11.3 Å². The molecule has 182 valence electrons. The highest BCUT2D eigenvalue weighted by molar-refractivity contribution is 9.10. The van der Waals surface area contributed by atoms with Crippen LogP contribution < -0.4 is 5.32 Å². The van der Waals surface area contributed by atoms with Gasteiger partial charge >= 0.3 is 0 Å². The van der Waals surface area contributed by atoms with E-state index in [9.17, 15) is 33.0 Å². The monoisotopic (exact) mass is 549 g/mol. The van der Waals surface area contributed by atoms with Crippen LogP contribution in [0, 0.1) is 17.5 Å². The van der Waals surface area contributed by atoms with E-state index < -0.39 is 59.3 Å². The number of rotatable bonds is 3. The molecule has 2 aromatic rings. The second-order valence-electron chi connectivity index (χ2n) is 8.52.